The van der Waals surface area contributed by atoms with Crippen LogP contribution in [0.4, 0.5) is 8.78 Å². The molecule has 0 bridgehead atoms. The SMILES string of the molecule is CC(C)C(Br)CCCc1c(F)ccc(Br)c1F. The molecule has 96 valence electrons. The molecule has 0 aliphatic carbocycles. The highest BCUT2D eigenvalue weighted by Gasteiger charge is 2.14. The number of halogens is 4. The molecule has 0 N–H and O–H groups in total. The van der Waals surface area contributed by atoms with E-state index in [9.17, 15) is 8.78 Å². The Hall–Kier alpha value is 0.0400. The van der Waals surface area contributed by atoms with Gasteiger partial charge in [-0.15, -0.1) is 0 Å². The van der Waals surface area contributed by atoms with E-state index in [2.05, 4.69) is 45.7 Å². The summed E-state index contributed by atoms with van der Waals surface area (Å²) in [6.45, 7) is 4.25. The Morgan fingerprint density at radius 3 is 2.47 bits per heavy atom. The Labute approximate surface area is 118 Å². The second kappa shape index (κ2) is 6.83. The van der Waals surface area contributed by atoms with Crippen LogP contribution < -0.4 is 0 Å². The fourth-order valence-corrected chi connectivity index (χ4v) is 2.30. The molecule has 1 atom stereocenters. The highest BCUT2D eigenvalue weighted by atomic mass is 79.9. The minimum atomic E-state index is -0.472. The van der Waals surface area contributed by atoms with Crippen LogP contribution in [-0.4, -0.2) is 4.83 Å². The molecule has 0 spiro atoms. The lowest BCUT2D eigenvalue weighted by molar-refractivity contribution is 0.525. The topological polar surface area (TPSA) is 0 Å². The minimum Gasteiger partial charge on any atom is -0.207 e. The van der Waals surface area contributed by atoms with Gasteiger partial charge < -0.3 is 0 Å². The lowest BCUT2D eigenvalue weighted by Gasteiger charge is -2.13. The van der Waals surface area contributed by atoms with Gasteiger partial charge in [0.25, 0.3) is 0 Å². The van der Waals surface area contributed by atoms with E-state index in [-0.39, 0.29) is 5.56 Å². The van der Waals surface area contributed by atoms with Gasteiger partial charge in [0.15, 0.2) is 0 Å². The third-order valence-corrected chi connectivity index (χ3v) is 4.90. The van der Waals surface area contributed by atoms with E-state index in [0.717, 1.165) is 12.8 Å². The standard InChI is InChI=1S/C13H16Br2F2/c1-8(2)10(14)5-3-4-9-12(16)7-6-11(15)13(9)17/h6-8,10H,3-5H2,1-2H3. The highest BCUT2D eigenvalue weighted by Crippen LogP contribution is 2.24. The second-order valence-corrected chi connectivity index (χ2v) is 6.50. The molecule has 1 aromatic rings. The van der Waals surface area contributed by atoms with E-state index in [1.807, 2.05) is 0 Å². The molecule has 4 heteroatoms. The van der Waals surface area contributed by atoms with Crippen molar-refractivity contribution >= 4 is 31.9 Å². The summed E-state index contributed by atoms with van der Waals surface area (Å²) < 4.78 is 27.4. The van der Waals surface area contributed by atoms with Gasteiger partial charge in [-0.25, -0.2) is 8.78 Å². The van der Waals surface area contributed by atoms with Crippen LogP contribution in [0.15, 0.2) is 16.6 Å². The second-order valence-electron chi connectivity index (χ2n) is 4.47. The Morgan fingerprint density at radius 2 is 1.88 bits per heavy atom. The van der Waals surface area contributed by atoms with Crippen molar-refractivity contribution in [3.63, 3.8) is 0 Å². The first-order valence-corrected chi connectivity index (χ1v) is 7.40. The van der Waals surface area contributed by atoms with E-state index in [1.54, 1.807) is 0 Å². The lowest BCUT2D eigenvalue weighted by atomic mass is 10.0. The molecule has 0 radical (unpaired) electrons. The quantitative estimate of drug-likeness (QED) is 0.476. The molecular formula is C13H16Br2F2. The van der Waals surface area contributed by atoms with Crippen LogP contribution in [-0.2, 0) is 6.42 Å². The van der Waals surface area contributed by atoms with Crippen molar-refractivity contribution in [2.45, 2.75) is 37.9 Å². The van der Waals surface area contributed by atoms with Gasteiger partial charge >= 0.3 is 0 Å². The fourth-order valence-electron chi connectivity index (χ4n) is 1.61. The van der Waals surface area contributed by atoms with Crippen molar-refractivity contribution in [2.24, 2.45) is 5.92 Å². The summed E-state index contributed by atoms with van der Waals surface area (Å²) in [6.07, 6.45) is 2.13. The zero-order valence-corrected chi connectivity index (χ0v) is 13.1. The van der Waals surface area contributed by atoms with Gasteiger partial charge in [-0.3, -0.25) is 0 Å². The smallest absolute Gasteiger partial charge is 0.143 e. The summed E-state index contributed by atoms with van der Waals surface area (Å²) in [5, 5.41) is 0. The molecule has 1 aromatic carbocycles. The molecule has 0 aliphatic rings. The Bertz CT molecular complexity index is 378. The van der Waals surface area contributed by atoms with E-state index in [4.69, 9.17) is 0 Å². The summed E-state index contributed by atoms with van der Waals surface area (Å²) >= 11 is 6.64. The molecule has 0 aliphatic heterocycles. The molecule has 1 unspecified atom stereocenters. The number of alkyl halides is 1. The Kier molecular flexibility index (Phi) is 6.07. The summed E-state index contributed by atoms with van der Waals surface area (Å²) in [6, 6.07) is 2.70. The van der Waals surface area contributed by atoms with Gasteiger partial charge in [-0.1, -0.05) is 29.8 Å². The van der Waals surface area contributed by atoms with E-state index >= 15 is 0 Å². The van der Waals surface area contributed by atoms with Gasteiger partial charge in [0.2, 0.25) is 0 Å². The molecule has 0 nitrogen and oxygen atoms in total. The zero-order chi connectivity index (χ0) is 13.0. The van der Waals surface area contributed by atoms with E-state index in [0.29, 0.717) is 21.6 Å². The number of benzene rings is 1. The fraction of sp³-hybridized carbons (Fsp3) is 0.538. The Balaban J connectivity index is 2.61. The van der Waals surface area contributed by atoms with Crippen LogP contribution in [0, 0.1) is 17.6 Å². The van der Waals surface area contributed by atoms with Gasteiger partial charge in [-0.2, -0.15) is 0 Å². The molecule has 0 heterocycles. The van der Waals surface area contributed by atoms with Crippen molar-refractivity contribution in [2.75, 3.05) is 0 Å². The number of rotatable bonds is 5. The van der Waals surface area contributed by atoms with Crippen molar-refractivity contribution in [1.29, 1.82) is 0 Å². The third kappa shape index (κ3) is 4.32. The van der Waals surface area contributed by atoms with Crippen molar-refractivity contribution in [3.8, 4) is 0 Å². The molecule has 0 saturated heterocycles. The van der Waals surface area contributed by atoms with Crippen LogP contribution in [0.25, 0.3) is 0 Å². The van der Waals surface area contributed by atoms with Gasteiger partial charge in [0.1, 0.15) is 11.6 Å². The molecule has 17 heavy (non-hydrogen) atoms. The predicted molar refractivity (Wildman–Crippen MR) is 74.5 cm³/mol. The van der Waals surface area contributed by atoms with Crippen LogP contribution in [0.1, 0.15) is 32.3 Å². The average Bonchev–Trinajstić information content (AvgIpc) is 2.28. The van der Waals surface area contributed by atoms with Crippen LogP contribution in [0.5, 0.6) is 0 Å². The average molecular weight is 370 g/mol. The first-order chi connectivity index (χ1) is 7.93. The highest BCUT2D eigenvalue weighted by molar-refractivity contribution is 9.10. The number of hydrogen-bond donors (Lipinski definition) is 0. The first-order valence-electron chi connectivity index (χ1n) is 5.70. The monoisotopic (exact) mass is 368 g/mol. The third-order valence-electron chi connectivity index (χ3n) is 2.77. The largest absolute Gasteiger partial charge is 0.207 e. The van der Waals surface area contributed by atoms with Crippen molar-refractivity contribution < 1.29 is 8.78 Å². The normalized spacial score (nSPS) is 13.1. The lowest BCUT2D eigenvalue weighted by Crippen LogP contribution is -2.08. The maximum Gasteiger partial charge on any atom is 0.143 e. The summed E-state index contributed by atoms with van der Waals surface area (Å²) in [4.78, 5) is 0.403. The van der Waals surface area contributed by atoms with Crippen molar-refractivity contribution in [1.82, 2.24) is 0 Å². The number of hydrogen-bond acceptors (Lipinski definition) is 0. The van der Waals surface area contributed by atoms with E-state index in [1.165, 1.54) is 12.1 Å². The maximum absolute atomic E-state index is 13.6. The molecule has 0 amide bonds. The Morgan fingerprint density at radius 1 is 1.24 bits per heavy atom. The summed E-state index contributed by atoms with van der Waals surface area (Å²) in [5.74, 6) is -0.394. The van der Waals surface area contributed by atoms with Crippen LogP contribution in [0.3, 0.4) is 0 Å². The van der Waals surface area contributed by atoms with Crippen LogP contribution in [0.2, 0.25) is 0 Å². The molecule has 0 fully saturated rings. The maximum atomic E-state index is 13.6. The van der Waals surface area contributed by atoms with Crippen LogP contribution >= 0.6 is 31.9 Å². The summed E-state index contributed by atoms with van der Waals surface area (Å²) in [7, 11) is 0. The summed E-state index contributed by atoms with van der Waals surface area (Å²) in [5.41, 5.74) is 0.183. The molecular weight excluding hydrogens is 354 g/mol. The molecule has 0 saturated carbocycles. The zero-order valence-electron chi connectivity index (χ0n) is 9.94. The molecule has 0 aromatic heterocycles. The van der Waals surface area contributed by atoms with Gasteiger partial charge in [-0.05, 0) is 53.2 Å². The van der Waals surface area contributed by atoms with Gasteiger partial charge in [0.05, 0.1) is 4.47 Å². The predicted octanol–water partition coefficient (Wildman–Crippen LogP) is 5.47. The first kappa shape index (κ1) is 15.1. The van der Waals surface area contributed by atoms with Gasteiger partial charge in [0, 0.05) is 10.4 Å². The minimum absolute atomic E-state index is 0.183. The van der Waals surface area contributed by atoms with E-state index < -0.39 is 11.6 Å². The van der Waals surface area contributed by atoms with Crippen molar-refractivity contribution in [3.05, 3.63) is 33.8 Å². The molecule has 1 rings (SSSR count).